The fourth-order valence-corrected chi connectivity index (χ4v) is 4.12. The molecule has 1 aromatic rings. The number of likely N-dealkylation sites (N-methyl/N-ethyl adjacent to an activating group) is 1. The molecule has 1 aliphatic heterocycles. The van der Waals surface area contributed by atoms with E-state index in [9.17, 15) is 13.2 Å². The Morgan fingerprint density at radius 2 is 2.16 bits per heavy atom. The van der Waals surface area contributed by atoms with E-state index in [2.05, 4.69) is 10.6 Å². The van der Waals surface area contributed by atoms with Crippen molar-refractivity contribution in [2.24, 2.45) is 0 Å². The number of nitrogens with zero attached hydrogens (tertiary/aromatic N) is 1. The highest BCUT2D eigenvalue weighted by molar-refractivity contribution is 7.89. The molecule has 1 saturated heterocycles. The highest BCUT2D eigenvalue weighted by Crippen LogP contribution is 2.25. The molecule has 1 heterocycles. The molecule has 0 radical (unpaired) electrons. The van der Waals surface area contributed by atoms with Crippen molar-refractivity contribution in [3.8, 4) is 5.75 Å². The summed E-state index contributed by atoms with van der Waals surface area (Å²) < 4.78 is 32.4. The molecule has 0 bridgehead atoms. The fraction of sp³-hybridized carbons (Fsp3) is 0.562. The zero-order valence-electron chi connectivity index (χ0n) is 14.7. The van der Waals surface area contributed by atoms with Gasteiger partial charge in [0.15, 0.2) is 0 Å². The minimum Gasteiger partial charge on any atom is -0.496 e. The first-order valence-corrected chi connectivity index (χ1v) is 9.46. The molecule has 9 heteroatoms. The van der Waals surface area contributed by atoms with E-state index in [1.54, 1.807) is 26.1 Å². The number of hydrogen-bond donors (Lipinski definition) is 2. The van der Waals surface area contributed by atoms with E-state index in [1.807, 2.05) is 0 Å². The second-order valence-electron chi connectivity index (χ2n) is 5.77. The Bertz CT molecular complexity index is 691. The van der Waals surface area contributed by atoms with Gasteiger partial charge in [0.25, 0.3) is 0 Å². The van der Waals surface area contributed by atoms with Gasteiger partial charge in [0.1, 0.15) is 5.75 Å². The number of hydrogen-bond acceptors (Lipinski definition) is 5. The van der Waals surface area contributed by atoms with E-state index >= 15 is 0 Å². The summed E-state index contributed by atoms with van der Waals surface area (Å²) in [5, 5.41) is 5.92. The molecule has 0 aromatic heterocycles. The van der Waals surface area contributed by atoms with Crippen LogP contribution in [-0.2, 0) is 21.4 Å². The highest BCUT2D eigenvalue weighted by atomic mass is 35.5. The number of methoxy groups -OCH3 is 1. The van der Waals surface area contributed by atoms with Crippen molar-refractivity contribution in [1.82, 2.24) is 14.9 Å². The van der Waals surface area contributed by atoms with Gasteiger partial charge in [-0.05, 0) is 31.2 Å². The van der Waals surface area contributed by atoms with Gasteiger partial charge in [0.2, 0.25) is 15.9 Å². The molecule has 7 nitrogen and oxygen atoms in total. The van der Waals surface area contributed by atoms with Crippen molar-refractivity contribution in [2.45, 2.75) is 37.2 Å². The van der Waals surface area contributed by atoms with Crippen LogP contribution in [0.5, 0.6) is 5.75 Å². The molecular weight excluding hydrogens is 366 g/mol. The van der Waals surface area contributed by atoms with E-state index in [4.69, 9.17) is 4.74 Å². The van der Waals surface area contributed by atoms with Gasteiger partial charge in [-0.25, -0.2) is 8.42 Å². The second kappa shape index (κ2) is 9.38. The Balaban J connectivity index is 0.00000312. The zero-order chi connectivity index (χ0) is 17.7. The van der Waals surface area contributed by atoms with E-state index in [0.717, 1.165) is 13.0 Å². The molecule has 25 heavy (non-hydrogen) atoms. The van der Waals surface area contributed by atoms with Crippen LogP contribution in [0.4, 0.5) is 0 Å². The molecule has 2 N–H and O–H groups in total. The lowest BCUT2D eigenvalue weighted by atomic mass is 10.2. The molecule has 0 spiro atoms. The van der Waals surface area contributed by atoms with Crippen LogP contribution in [0, 0.1) is 0 Å². The summed E-state index contributed by atoms with van der Waals surface area (Å²) in [6.07, 6.45) is 1.17. The average molecular weight is 392 g/mol. The molecule has 2 rings (SSSR count). The number of carbonyl (C=O) groups excluding carboxylic acids is 1. The lowest BCUT2D eigenvalue weighted by Crippen LogP contribution is -2.38. The molecule has 1 amide bonds. The average Bonchev–Trinajstić information content (AvgIpc) is 3.12. The van der Waals surface area contributed by atoms with Crippen LogP contribution in [0.15, 0.2) is 23.1 Å². The first kappa shape index (κ1) is 21.7. The second-order valence-corrected chi connectivity index (χ2v) is 7.77. The molecule has 1 aliphatic rings. The van der Waals surface area contributed by atoms with Crippen LogP contribution in [0.2, 0.25) is 0 Å². The summed E-state index contributed by atoms with van der Waals surface area (Å²) in [7, 11) is -0.463. The first-order chi connectivity index (χ1) is 11.4. The molecule has 1 fully saturated rings. The van der Waals surface area contributed by atoms with Gasteiger partial charge in [0.05, 0.1) is 12.0 Å². The largest absolute Gasteiger partial charge is 0.496 e. The number of nitrogens with one attached hydrogen (secondary N) is 2. The van der Waals surface area contributed by atoms with Crippen LogP contribution >= 0.6 is 12.4 Å². The van der Waals surface area contributed by atoms with Gasteiger partial charge in [-0.2, -0.15) is 4.31 Å². The maximum Gasteiger partial charge on any atom is 0.243 e. The van der Waals surface area contributed by atoms with Crippen molar-refractivity contribution in [1.29, 1.82) is 0 Å². The lowest BCUT2D eigenvalue weighted by Gasteiger charge is -2.23. The van der Waals surface area contributed by atoms with Crippen LogP contribution in [0.1, 0.15) is 25.3 Å². The van der Waals surface area contributed by atoms with Gasteiger partial charge in [-0.3, -0.25) is 4.79 Å². The number of halogens is 1. The van der Waals surface area contributed by atoms with Crippen LogP contribution < -0.4 is 15.4 Å². The Labute approximate surface area is 155 Å². The number of benzene rings is 1. The first-order valence-electron chi connectivity index (χ1n) is 8.02. The van der Waals surface area contributed by atoms with Crippen molar-refractivity contribution in [3.05, 3.63) is 23.8 Å². The molecular formula is C16H26ClN3O4S. The van der Waals surface area contributed by atoms with Gasteiger partial charge in [-0.15, -0.1) is 12.4 Å². The van der Waals surface area contributed by atoms with Crippen LogP contribution in [0.25, 0.3) is 0 Å². The third-order valence-electron chi connectivity index (χ3n) is 4.27. The number of rotatable bonds is 7. The predicted molar refractivity (Wildman–Crippen MR) is 98.6 cm³/mol. The lowest BCUT2D eigenvalue weighted by molar-refractivity contribution is -0.120. The van der Waals surface area contributed by atoms with Gasteiger partial charge < -0.3 is 15.4 Å². The molecule has 0 saturated carbocycles. The molecule has 142 valence electrons. The fourth-order valence-electron chi connectivity index (χ4n) is 2.68. The maximum absolute atomic E-state index is 12.8. The minimum absolute atomic E-state index is 0. The monoisotopic (exact) mass is 391 g/mol. The van der Waals surface area contributed by atoms with Crippen molar-refractivity contribution in [3.63, 3.8) is 0 Å². The van der Waals surface area contributed by atoms with Gasteiger partial charge in [0, 0.05) is 38.2 Å². The summed E-state index contributed by atoms with van der Waals surface area (Å²) in [5.41, 5.74) is 0.637. The summed E-state index contributed by atoms with van der Waals surface area (Å²) in [6, 6.07) is 4.70. The van der Waals surface area contributed by atoms with E-state index in [0.29, 0.717) is 24.3 Å². The minimum atomic E-state index is -3.59. The third kappa shape index (κ3) is 5.07. The number of sulfonamides is 1. The third-order valence-corrected chi connectivity index (χ3v) is 6.18. The van der Waals surface area contributed by atoms with Crippen LogP contribution in [-0.4, -0.2) is 51.9 Å². The Hall–Kier alpha value is -1.35. The van der Waals surface area contributed by atoms with Crippen molar-refractivity contribution in [2.75, 3.05) is 27.2 Å². The van der Waals surface area contributed by atoms with Crippen molar-refractivity contribution >= 4 is 28.3 Å². The SMILES string of the molecule is CCC(=O)NCc1cc(S(=O)(=O)N(C)C2CCNC2)ccc1OC.Cl. The summed E-state index contributed by atoms with van der Waals surface area (Å²) >= 11 is 0. The summed E-state index contributed by atoms with van der Waals surface area (Å²) in [4.78, 5) is 11.7. The summed E-state index contributed by atoms with van der Waals surface area (Å²) in [6.45, 7) is 3.47. The quantitative estimate of drug-likeness (QED) is 0.727. The molecule has 1 aromatic carbocycles. The summed E-state index contributed by atoms with van der Waals surface area (Å²) in [5.74, 6) is 0.454. The van der Waals surface area contributed by atoms with Gasteiger partial charge >= 0.3 is 0 Å². The molecule has 1 unspecified atom stereocenters. The topological polar surface area (TPSA) is 87.7 Å². The Kier molecular flexibility index (Phi) is 8.14. The van der Waals surface area contributed by atoms with E-state index in [1.165, 1.54) is 17.5 Å². The van der Waals surface area contributed by atoms with E-state index in [-0.39, 0.29) is 35.8 Å². The number of ether oxygens (including phenoxy) is 1. The predicted octanol–water partition coefficient (Wildman–Crippen LogP) is 1.13. The van der Waals surface area contributed by atoms with Crippen molar-refractivity contribution < 1.29 is 17.9 Å². The standard InChI is InChI=1S/C16H25N3O4S.ClH/c1-4-16(20)18-10-12-9-14(5-6-15(12)23-3)24(21,22)19(2)13-7-8-17-11-13;/h5-6,9,13,17H,4,7-8,10-11H2,1-3H3,(H,18,20);1H. The maximum atomic E-state index is 12.8. The normalized spacial score (nSPS) is 17.2. The zero-order valence-corrected chi connectivity index (χ0v) is 16.4. The molecule has 1 atom stereocenters. The van der Waals surface area contributed by atoms with Gasteiger partial charge in [-0.1, -0.05) is 6.92 Å². The number of carbonyl (C=O) groups is 1. The smallest absolute Gasteiger partial charge is 0.243 e. The highest BCUT2D eigenvalue weighted by Gasteiger charge is 2.30. The Morgan fingerprint density at radius 3 is 2.72 bits per heavy atom. The Morgan fingerprint density at radius 1 is 1.44 bits per heavy atom. The van der Waals surface area contributed by atoms with Crippen LogP contribution in [0.3, 0.4) is 0 Å². The number of amides is 1. The molecule has 0 aliphatic carbocycles. The van der Waals surface area contributed by atoms with E-state index < -0.39 is 10.0 Å².